The molecule has 0 aromatic rings. The van der Waals surface area contributed by atoms with Crippen LogP contribution in [0.5, 0.6) is 0 Å². The molecule has 0 aliphatic carbocycles. The van der Waals surface area contributed by atoms with Gasteiger partial charge in [-0.1, -0.05) is 25.7 Å². The average molecular weight is 389 g/mol. The van der Waals surface area contributed by atoms with Gasteiger partial charge < -0.3 is 31.1 Å². The lowest BCUT2D eigenvalue weighted by Crippen LogP contribution is -2.48. The van der Waals surface area contributed by atoms with Crippen molar-refractivity contribution in [1.29, 1.82) is 0 Å². The number of nitrogens with one attached hydrogen (secondary N) is 2. The first-order valence-corrected chi connectivity index (χ1v) is 10.5. The van der Waals surface area contributed by atoms with Gasteiger partial charge in [-0.3, -0.25) is 4.79 Å². The SMILES string of the molecule is CNCC(O)(CCCCCCC(O)CCC1CCC(O)C(C)N1)CC(=O)O. The van der Waals surface area contributed by atoms with Crippen LogP contribution in [0.3, 0.4) is 0 Å². The molecule has 0 bridgehead atoms. The van der Waals surface area contributed by atoms with Crippen molar-refractivity contribution in [3.63, 3.8) is 0 Å². The van der Waals surface area contributed by atoms with Crippen LogP contribution in [0, 0.1) is 0 Å². The van der Waals surface area contributed by atoms with Gasteiger partial charge in [0.15, 0.2) is 0 Å². The zero-order valence-corrected chi connectivity index (χ0v) is 17.0. The van der Waals surface area contributed by atoms with E-state index in [9.17, 15) is 20.1 Å². The normalized spacial score (nSPS) is 26.5. The Kier molecular flexibility index (Phi) is 11.4. The van der Waals surface area contributed by atoms with E-state index in [4.69, 9.17) is 5.11 Å². The van der Waals surface area contributed by atoms with Crippen LogP contribution in [0.2, 0.25) is 0 Å². The molecule has 0 aromatic heterocycles. The second kappa shape index (κ2) is 12.7. The van der Waals surface area contributed by atoms with Crippen molar-refractivity contribution < 1.29 is 25.2 Å². The molecule has 7 heteroatoms. The van der Waals surface area contributed by atoms with E-state index in [2.05, 4.69) is 10.6 Å². The van der Waals surface area contributed by atoms with Gasteiger partial charge >= 0.3 is 5.97 Å². The predicted molar refractivity (Wildman–Crippen MR) is 106 cm³/mol. The Morgan fingerprint density at radius 1 is 1.22 bits per heavy atom. The van der Waals surface area contributed by atoms with Crippen LogP contribution in [0.25, 0.3) is 0 Å². The quantitative estimate of drug-likeness (QED) is 0.249. The van der Waals surface area contributed by atoms with E-state index in [1.54, 1.807) is 7.05 Å². The fourth-order valence-corrected chi connectivity index (χ4v) is 3.99. The number of carboxylic acids is 1. The number of hydrogen-bond donors (Lipinski definition) is 6. The molecule has 0 aromatic carbocycles. The van der Waals surface area contributed by atoms with Gasteiger partial charge in [0.05, 0.1) is 24.2 Å². The summed E-state index contributed by atoms with van der Waals surface area (Å²) in [7, 11) is 1.71. The summed E-state index contributed by atoms with van der Waals surface area (Å²) < 4.78 is 0. The molecular weight excluding hydrogens is 348 g/mol. The van der Waals surface area contributed by atoms with Crippen LogP contribution in [-0.4, -0.2) is 69.9 Å². The highest BCUT2D eigenvalue weighted by atomic mass is 16.4. The maximum atomic E-state index is 10.9. The van der Waals surface area contributed by atoms with E-state index in [0.29, 0.717) is 12.5 Å². The van der Waals surface area contributed by atoms with Crippen LogP contribution < -0.4 is 10.6 Å². The van der Waals surface area contributed by atoms with Gasteiger partial charge in [0.2, 0.25) is 0 Å². The monoisotopic (exact) mass is 388 g/mol. The van der Waals surface area contributed by atoms with E-state index in [-0.39, 0.29) is 31.2 Å². The number of rotatable bonds is 14. The highest BCUT2D eigenvalue weighted by Crippen LogP contribution is 2.21. The minimum absolute atomic E-state index is 0.128. The van der Waals surface area contributed by atoms with Gasteiger partial charge in [0.25, 0.3) is 0 Å². The van der Waals surface area contributed by atoms with Crippen molar-refractivity contribution in [3.8, 4) is 0 Å². The lowest BCUT2D eigenvalue weighted by molar-refractivity contribution is -0.142. The summed E-state index contributed by atoms with van der Waals surface area (Å²) in [5.74, 6) is -0.979. The summed E-state index contributed by atoms with van der Waals surface area (Å²) in [4.78, 5) is 10.9. The summed E-state index contributed by atoms with van der Waals surface area (Å²) in [6, 6.07) is 0.515. The number of carboxylic acid groups (broad SMARTS) is 1. The van der Waals surface area contributed by atoms with Gasteiger partial charge in [-0.2, -0.15) is 0 Å². The van der Waals surface area contributed by atoms with Crippen molar-refractivity contribution in [2.75, 3.05) is 13.6 Å². The second-order valence-corrected chi connectivity index (χ2v) is 8.31. The molecule has 1 aliphatic heterocycles. The molecule has 27 heavy (non-hydrogen) atoms. The lowest BCUT2D eigenvalue weighted by atomic mass is 9.91. The van der Waals surface area contributed by atoms with Crippen LogP contribution in [0.15, 0.2) is 0 Å². The van der Waals surface area contributed by atoms with Gasteiger partial charge in [0.1, 0.15) is 0 Å². The van der Waals surface area contributed by atoms with Gasteiger partial charge in [0, 0.05) is 18.6 Å². The second-order valence-electron chi connectivity index (χ2n) is 8.31. The van der Waals surface area contributed by atoms with Crippen LogP contribution >= 0.6 is 0 Å². The summed E-state index contributed by atoms with van der Waals surface area (Å²) in [6.07, 6.45) is 7.60. The van der Waals surface area contributed by atoms with Gasteiger partial charge in [-0.25, -0.2) is 0 Å². The first kappa shape index (κ1) is 24.3. The molecule has 1 fully saturated rings. The molecule has 160 valence electrons. The Labute approximate surface area is 163 Å². The lowest BCUT2D eigenvalue weighted by Gasteiger charge is -2.33. The average Bonchev–Trinajstić information content (AvgIpc) is 2.58. The molecule has 0 radical (unpaired) electrons. The molecule has 5 unspecified atom stereocenters. The van der Waals surface area contributed by atoms with E-state index < -0.39 is 11.6 Å². The highest BCUT2D eigenvalue weighted by molar-refractivity contribution is 5.68. The molecule has 5 atom stereocenters. The molecule has 6 N–H and O–H groups in total. The molecule has 1 heterocycles. The van der Waals surface area contributed by atoms with E-state index >= 15 is 0 Å². The number of unbranched alkanes of at least 4 members (excludes halogenated alkanes) is 3. The van der Waals surface area contributed by atoms with Crippen molar-refractivity contribution >= 4 is 5.97 Å². The number of carbonyl (C=O) groups is 1. The molecule has 0 amide bonds. The molecule has 0 saturated carbocycles. The Hall–Kier alpha value is -0.730. The molecular formula is C20H40N2O5. The number of aliphatic hydroxyl groups excluding tert-OH is 2. The first-order valence-electron chi connectivity index (χ1n) is 10.5. The number of aliphatic carboxylic acids is 1. The zero-order valence-electron chi connectivity index (χ0n) is 17.0. The summed E-state index contributed by atoms with van der Waals surface area (Å²) in [5, 5.41) is 45.4. The maximum Gasteiger partial charge on any atom is 0.306 e. The maximum absolute atomic E-state index is 10.9. The Balaban J connectivity index is 2.09. The van der Waals surface area contributed by atoms with Crippen LogP contribution in [0.4, 0.5) is 0 Å². The molecule has 7 nitrogen and oxygen atoms in total. The Bertz CT molecular complexity index is 423. The van der Waals surface area contributed by atoms with E-state index in [1.807, 2.05) is 6.92 Å². The van der Waals surface area contributed by atoms with Gasteiger partial charge in [-0.15, -0.1) is 0 Å². The third-order valence-electron chi connectivity index (χ3n) is 5.65. The van der Waals surface area contributed by atoms with Crippen molar-refractivity contribution in [3.05, 3.63) is 0 Å². The molecule has 1 rings (SSSR count). The molecule has 0 spiro atoms. The third-order valence-corrected chi connectivity index (χ3v) is 5.65. The predicted octanol–water partition coefficient (Wildman–Crippen LogP) is 1.39. The van der Waals surface area contributed by atoms with Gasteiger partial charge in [-0.05, 0) is 52.5 Å². The Morgan fingerprint density at radius 2 is 1.93 bits per heavy atom. The third kappa shape index (κ3) is 10.4. The summed E-state index contributed by atoms with van der Waals surface area (Å²) in [5.41, 5.74) is -1.18. The number of piperidine rings is 1. The minimum Gasteiger partial charge on any atom is -0.481 e. The number of aliphatic hydroxyl groups is 3. The van der Waals surface area contributed by atoms with Crippen molar-refractivity contribution in [2.24, 2.45) is 0 Å². The number of hydrogen-bond acceptors (Lipinski definition) is 6. The summed E-state index contributed by atoms with van der Waals surface area (Å²) in [6.45, 7) is 2.28. The fraction of sp³-hybridized carbons (Fsp3) is 0.950. The van der Waals surface area contributed by atoms with E-state index in [0.717, 1.165) is 57.8 Å². The van der Waals surface area contributed by atoms with Crippen molar-refractivity contribution in [1.82, 2.24) is 10.6 Å². The first-order chi connectivity index (χ1) is 12.8. The zero-order chi connectivity index (χ0) is 20.3. The van der Waals surface area contributed by atoms with Crippen molar-refractivity contribution in [2.45, 2.75) is 107 Å². The smallest absolute Gasteiger partial charge is 0.306 e. The summed E-state index contributed by atoms with van der Waals surface area (Å²) >= 11 is 0. The molecule has 1 saturated heterocycles. The topological polar surface area (TPSA) is 122 Å². The van der Waals surface area contributed by atoms with Crippen LogP contribution in [0.1, 0.15) is 77.6 Å². The largest absolute Gasteiger partial charge is 0.481 e. The minimum atomic E-state index is -1.18. The standard InChI is InChI=1S/C20H40N2O5/c1-15-18(24)11-9-16(22-15)8-10-17(23)7-5-3-4-6-12-20(27,14-21-2)13-19(25)26/h15-18,21-24,27H,3-14H2,1-2H3,(H,25,26). The number of likely N-dealkylation sites (N-methyl/N-ethyl adjacent to an activating group) is 1. The Morgan fingerprint density at radius 3 is 2.56 bits per heavy atom. The highest BCUT2D eigenvalue weighted by Gasteiger charge is 2.28. The van der Waals surface area contributed by atoms with Crippen LogP contribution in [-0.2, 0) is 4.79 Å². The van der Waals surface area contributed by atoms with E-state index in [1.165, 1.54) is 0 Å². The fourth-order valence-electron chi connectivity index (χ4n) is 3.99. The molecule has 1 aliphatic rings.